The molecule has 1 aromatic heterocycles. The van der Waals surface area contributed by atoms with Crippen molar-refractivity contribution in [1.29, 1.82) is 0 Å². The molecular formula is C19H17Br3N2O2. The Labute approximate surface area is 177 Å². The molecule has 0 amide bonds. The van der Waals surface area contributed by atoms with Gasteiger partial charge in [0.1, 0.15) is 11.6 Å². The van der Waals surface area contributed by atoms with Crippen LogP contribution >= 0.6 is 47.8 Å². The molecule has 0 spiro atoms. The summed E-state index contributed by atoms with van der Waals surface area (Å²) in [5.74, 6) is 1.29. The van der Waals surface area contributed by atoms with Gasteiger partial charge in [0.2, 0.25) is 0 Å². The third kappa shape index (κ3) is 3.25. The second-order valence-electron chi connectivity index (χ2n) is 6.88. The Morgan fingerprint density at radius 2 is 1.73 bits per heavy atom. The molecule has 0 radical (unpaired) electrons. The number of rotatable bonds is 2. The van der Waals surface area contributed by atoms with Crippen LogP contribution in [0.4, 0.5) is 0 Å². The highest BCUT2D eigenvalue weighted by Crippen LogP contribution is 2.42. The zero-order valence-corrected chi connectivity index (χ0v) is 19.5. The highest BCUT2D eigenvalue weighted by Gasteiger charge is 2.27. The van der Waals surface area contributed by atoms with E-state index in [9.17, 15) is 4.79 Å². The maximum atomic E-state index is 13.4. The van der Waals surface area contributed by atoms with Crippen molar-refractivity contribution >= 4 is 58.7 Å². The smallest absolute Gasteiger partial charge is 0.266 e. The van der Waals surface area contributed by atoms with E-state index >= 15 is 0 Å². The Morgan fingerprint density at radius 3 is 2.35 bits per heavy atom. The minimum absolute atomic E-state index is 0.119. The van der Waals surface area contributed by atoms with E-state index < -0.39 is 0 Å². The molecule has 0 N–H and O–H groups in total. The fraction of sp³-hybridized carbons (Fsp3) is 0.263. The van der Waals surface area contributed by atoms with Crippen molar-refractivity contribution in [3.63, 3.8) is 0 Å². The van der Waals surface area contributed by atoms with Crippen molar-refractivity contribution < 1.29 is 4.74 Å². The largest absolute Gasteiger partial charge is 0.494 e. The van der Waals surface area contributed by atoms with Gasteiger partial charge in [-0.25, -0.2) is 4.98 Å². The van der Waals surface area contributed by atoms with Crippen LogP contribution in [-0.2, 0) is 5.41 Å². The lowest BCUT2D eigenvalue weighted by molar-refractivity contribution is 0.408. The summed E-state index contributed by atoms with van der Waals surface area (Å²) < 4.78 is 9.36. The Balaban J connectivity index is 2.54. The minimum atomic E-state index is -0.345. The standard InChI is InChI=1S/C19H17Br3N2O2/c1-19(2,3)18-23-13-8-6-5-7-10(13)17(25)24(18)15-11(20)9-12(21)16(26-4)14(15)22/h5-9H,1-4H3. The van der Waals surface area contributed by atoms with Gasteiger partial charge in [-0.3, -0.25) is 9.36 Å². The van der Waals surface area contributed by atoms with Gasteiger partial charge in [-0.1, -0.05) is 32.9 Å². The summed E-state index contributed by atoms with van der Waals surface area (Å²) in [7, 11) is 1.59. The normalized spacial score (nSPS) is 11.8. The maximum Gasteiger partial charge on any atom is 0.266 e. The molecular weight excluding hydrogens is 528 g/mol. The van der Waals surface area contributed by atoms with Crippen molar-refractivity contribution in [2.75, 3.05) is 7.11 Å². The van der Waals surface area contributed by atoms with E-state index in [0.29, 0.717) is 32.6 Å². The molecule has 0 saturated heterocycles. The minimum Gasteiger partial charge on any atom is -0.494 e. The molecule has 0 unspecified atom stereocenters. The molecule has 4 nitrogen and oxygen atoms in total. The van der Waals surface area contributed by atoms with Crippen molar-refractivity contribution in [3.05, 3.63) is 59.9 Å². The first-order valence-corrected chi connectivity index (χ1v) is 10.3. The second-order valence-corrected chi connectivity index (χ2v) is 9.38. The van der Waals surface area contributed by atoms with E-state index in [-0.39, 0.29) is 11.0 Å². The molecule has 3 rings (SSSR count). The van der Waals surface area contributed by atoms with Gasteiger partial charge in [0.15, 0.2) is 0 Å². The van der Waals surface area contributed by atoms with Crippen LogP contribution in [0.5, 0.6) is 5.75 Å². The third-order valence-electron chi connectivity index (χ3n) is 3.98. The van der Waals surface area contributed by atoms with Crippen LogP contribution in [-0.4, -0.2) is 16.7 Å². The summed E-state index contributed by atoms with van der Waals surface area (Å²) >= 11 is 10.7. The van der Waals surface area contributed by atoms with Crippen LogP contribution in [0.3, 0.4) is 0 Å². The summed E-state index contributed by atoms with van der Waals surface area (Å²) in [5.41, 5.74) is 0.891. The zero-order chi connectivity index (χ0) is 19.2. The number of benzene rings is 2. The second kappa shape index (κ2) is 7.09. The average Bonchev–Trinajstić information content (AvgIpc) is 2.55. The molecule has 7 heteroatoms. The Hall–Kier alpha value is -1.18. The molecule has 136 valence electrons. The first-order valence-electron chi connectivity index (χ1n) is 7.91. The van der Waals surface area contributed by atoms with Crippen molar-refractivity contribution in [1.82, 2.24) is 9.55 Å². The van der Waals surface area contributed by atoms with Gasteiger partial charge in [-0.15, -0.1) is 0 Å². The lowest BCUT2D eigenvalue weighted by Crippen LogP contribution is -2.31. The van der Waals surface area contributed by atoms with Gasteiger partial charge in [0.05, 0.1) is 32.6 Å². The Morgan fingerprint density at radius 1 is 1.08 bits per heavy atom. The number of hydrogen-bond acceptors (Lipinski definition) is 3. The summed E-state index contributed by atoms with van der Waals surface area (Å²) in [6.45, 7) is 6.12. The first kappa shape index (κ1) is 19.6. The first-order chi connectivity index (χ1) is 12.2. The molecule has 0 aliphatic rings. The molecule has 0 aliphatic carbocycles. The highest BCUT2D eigenvalue weighted by molar-refractivity contribution is 9.11. The van der Waals surface area contributed by atoms with Gasteiger partial charge < -0.3 is 4.74 Å². The van der Waals surface area contributed by atoms with Crippen LogP contribution in [0.2, 0.25) is 0 Å². The fourth-order valence-corrected chi connectivity index (χ4v) is 5.60. The van der Waals surface area contributed by atoms with Gasteiger partial charge in [0, 0.05) is 9.89 Å². The zero-order valence-electron chi connectivity index (χ0n) is 14.7. The predicted molar refractivity (Wildman–Crippen MR) is 116 cm³/mol. The van der Waals surface area contributed by atoms with E-state index in [1.807, 2.05) is 45.0 Å². The Bertz CT molecular complexity index is 1070. The SMILES string of the molecule is COc1c(Br)cc(Br)c(-n2c(C(C)(C)C)nc3ccccc3c2=O)c1Br. The summed E-state index contributed by atoms with van der Waals surface area (Å²) in [4.78, 5) is 18.2. The average molecular weight is 545 g/mol. The monoisotopic (exact) mass is 542 g/mol. The molecule has 0 bridgehead atoms. The number of hydrogen-bond donors (Lipinski definition) is 0. The Kier molecular flexibility index (Phi) is 5.34. The van der Waals surface area contributed by atoms with Crippen LogP contribution < -0.4 is 10.3 Å². The predicted octanol–water partition coefficient (Wildman–Crippen LogP) is 5.98. The number of methoxy groups -OCH3 is 1. The number of halogens is 3. The number of ether oxygens (including phenoxy) is 1. The number of fused-ring (bicyclic) bond motifs is 1. The number of aromatic nitrogens is 2. The lowest BCUT2D eigenvalue weighted by atomic mass is 9.94. The van der Waals surface area contributed by atoms with E-state index in [1.54, 1.807) is 17.7 Å². The lowest BCUT2D eigenvalue weighted by Gasteiger charge is -2.25. The molecule has 3 aromatic rings. The van der Waals surface area contributed by atoms with Crippen LogP contribution in [0.1, 0.15) is 26.6 Å². The molecule has 0 atom stereocenters. The van der Waals surface area contributed by atoms with Gasteiger partial charge in [-0.05, 0) is 66.0 Å². The van der Waals surface area contributed by atoms with Crippen molar-refractivity contribution in [2.24, 2.45) is 0 Å². The van der Waals surface area contributed by atoms with Gasteiger partial charge >= 0.3 is 0 Å². The summed E-state index contributed by atoms with van der Waals surface area (Å²) in [6.07, 6.45) is 0. The van der Waals surface area contributed by atoms with Crippen LogP contribution in [0.25, 0.3) is 16.6 Å². The summed E-state index contributed by atoms with van der Waals surface area (Å²) in [5, 5.41) is 0.571. The quantitative estimate of drug-likeness (QED) is 0.399. The highest BCUT2D eigenvalue weighted by atomic mass is 79.9. The molecule has 0 aliphatic heterocycles. The van der Waals surface area contributed by atoms with E-state index in [4.69, 9.17) is 9.72 Å². The van der Waals surface area contributed by atoms with E-state index in [2.05, 4.69) is 47.8 Å². The molecule has 1 heterocycles. The van der Waals surface area contributed by atoms with E-state index in [0.717, 1.165) is 8.95 Å². The molecule has 0 fully saturated rings. The molecule has 0 saturated carbocycles. The number of nitrogens with zero attached hydrogens (tertiary/aromatic N) is 2. The third-order valence-corrected chi connectivity index (χ3v) is 5.91. The van der Waals surface area contributed by atoms with Crippen LogP contribution in [0, 0.1) is 0 Å². The maximum absolute atomic E-state index is 13.4. The topological polar surface area (TPSA) is 44.1 Å². The molecule has 26 heavy (non-hydrogen) atoms. The van der Waals surface area contributed by atoms with Crippen molar-refractivity contribution in [3.8, 4) is 11.4 Å². The fourth-order valence-electron chi connectivity index (χ4n) is 2.80. The van der Waals surface area contributed by atoms with Gasteiger partial charge in [-0.2, -0.15) is 0 Å². The molecule has 2 aromatic carbocycles. The van der Waals surface area contributed by atoms with E-state index in [1.165, 1.54) is 0 Å². The van der Waals surface area contributed by atoms with Gasteiger partial charge in [0.25, 0.3) is 5.56 Å². The van der Waals surface area contributed by atoms with Crippen molar-refractivity contribution in [2.45, 2.75) is 26.2 Å². The number of para-hydroxylation sites is 1. The summed E-state index contributed by atoms with van der Waals surface area (Å²) in [6, 6.07) is 9.26. The van der Waals surface area contributed by atoms with Crippen LogP contribution in [0.15, 0.2) is 48.5 Å².